The Balaban J connectivity index is 1.57. The van der Waals surface area contributed by atoms with Crippen LogP contribution in [-0.4, -0.2) is 58.7 Å². The number of nitriles is 1. The first-order valence-corrected chi connectivity index (χ1v) is 16.5. The molecule has 50 heavy (non-hydrogen) atoms. The number of ether oxygens (including phenoxy) is 1. The van der Waals surface area contributed by atoms with E-state index in [1.807, 2.05) is 0 Å². The Morgan fingerprint density at radius 1 is 1.02 bits per heavy atom. The lowest BCUT2D eigenvalue weighted by Gasteiger charge is -2.37. The fourth-order valence-electron chi connectivity index (χ4n) is 5.29. The van der Waals surface area contributed by atoms with Crippen molar-refractivity contribution in [2.75, 3.05) is 11.9 Å². The molecule has 0 saturated heterocycles. The number of ketones is 1. The standard InChI is InChI=1S/C36H36Cl2FN5O6/c1-36(2,3)50-35(49)41-16-15-27(33(47)42-26-12-11-25(37)31(38)32(26)39)43-34(48)28-18-23-10-9-21(19-40)17-24(23)20-44(28)30(46)14-13-29(45)22-7-5-4-6-8-22/h4-12,17,27-28H,13-16,18,20H2,1-3H3,(H,41,49)(H,42,47)(H,43,48)/t27-,28-/m0/s1. The zero-order valence-corrected chi connectivity index (χ0v) is 29.2. The van der Waals surface area contributed by atoms with Crippen molar-refractivity contribution in [3.63, 3.8) is 0 Å². The van der Waals surface area contributed by atoms with Crippen molar-refractivity contribution in [3.05, 3.63) is 98.8 Å². The van der Waals surface area contributed by atoms with Crippen molar-refractivity contribution < 1.29 is 33.1 Å². The first-order chi connectivity index (χ1) is 23.7. The van der Waals surface area contributed by atoms with Crippen LogP contribution in [0.25, 0.3) is 0 Å². The van der Waals surface area contributed by atoms with Gasteiger partial charge in [0, 0.05) is 37.9 Å². The van der Waals surface area contributed by atoms with E-state index in [1.165, 1.54) is 17.0 Å². The van der Waals surface area contributed by atoms with E-state index in [-0.39, 0.29) is 55.3 Å². The van der Waals surface area contributed by atoms with Gasteiger partial charge in [-0.25, -0.2) is 9.18 Å². The lowest BCUT2D eigenvalue weighted by molar-refractivity contribution is -0.142. The summed E-state index contributed by atoms with van der Waals surface area (Å²) in [6.45, 7) is 4.91. The Bertz CT molecular complexity index is 1830. The van der Waals surface area contributed by atoms with E-state index in [2.05, 4.69) is 22.0 Å². The summed E-state index contributed by atoms with van der Waals surface area (Å²) in [6.07, 6.45) is -1.13. The number of nitrogens with one attached hydrogen (secondary N) is 3. The number of hydrogen-bond acceptors (Lipinski definition) is 7. The third-order valence-electron chi connectivity index (χ3n) is 7.78. The monoisotopic (exact) mass is 723 g/mol. The van der Waals surface area contributed by atoms with Crippen LogP contribution in [0.3, 0.4) is 0 Å². The molecular formula is C36H36Cl2FN5O6. The zero-order chi connectivity index (χ0) is 36.6. The van der Waals surface area contributed by atoms with Gasteiger partial charge in [0.25, 0.3) is 0 Å². The number of fused-ring (bicyclic) bond motifs is 1. The molecular weight excluding hydrogens is 688 g/mol. The Morgan fingerprint density at radius 3 is 2.42 bits per heavy atom. The Kier molecular flexibility index (Phi) is 12.6. The average molecular weight is 725 g/mol. The number of benzene rings is 3. The van der Waals surface area contributed by atoms with Gasteiger partial charge in [0.1, 0.15) is 17.7 Å². The predicted molar refractivity (Wildman–Crippen MR) is 185 cm³/mol. The van der Waals surface area contributed by atoms with Gasteiger partial charge < -0.3 is 25.6 Å². The first-order valence-electron chi connectivity index (χ1n) is 15.8. The van der Waals surface area contributed by atoms with Crippen molar-refractivity contribution in [1.82, 2.24) is 15.5 Å². The smallest absolute Gasteiger partial charge is 0.407 e. The molecule has 3 aromatic carbocycles. The number of rotatable bonds is 11. The number of anilines is 1. The molecule has 11 nitrogen and oxygen atoms in total. The van der Waals surface area contributed by atoms with E-state index in [9.17, 15) is 33.6 Å². The molecule has 1 aliphatic heterocycles. The maximum atomic E-state index is 14.8. The largest absolute Gasteiger partial charge is 0.444 e. The molecule has 0 spiro atoms. The second kappa shape index (κ2) is 16.6. The second-order valence-electron chi connectivity index (χ2n) is 12.6. The van der Waals surface area contributed by atoms with Crippen molar-refractivity contribution in [1.29, 1.82) is 5.26 Å². The third kappa shape index (κ3) is 10.0. The van der Waals surface area contributed by atoms with Crippen LogP contribution < -0.4 is 16.0 Å². The molecule has 4 rings (SSSR count). The highest BCUT2D eigenvalue weighted by Gasteiger charge is 2.37. The van der Waals surface area contributed by atoms with Gasteiger partial charge in [-0.05, 0) is 62.6 Å². The second-order valence-corrected chi connectivity index (χ2v) is 13.4. The number of hydrogen-bond donors (Lipinski definition) is 3. The fraction of sp³-hybridized carbons (Fsp3) is 0.333. The number of halogens is 3. The summed E-state index contributed by atoms with van der Waals surface area (Å²) >= 11 is 11.8. The van der Waals surface area contributed by atoms with Crippen LogP contribution in [0.15, 0.2) is 60.7 Å². The van der Waals surface area contributed by atoms with E-state index in [1.54, 1.807) is 69.3 Å². The molecule has 4 amide bonds. The molecule has 3 N–H and O–H groups in total. The summed E-state index contributed by atoms with van der Waals surface area (Å²) in [5.41, 5.74) is 1.14. The van der Waals surface area contributed by atoms with Gasteiger partial charge in [0.2, 0.25) is 17.7 Å². The molecule has 0 radical (unpaired) electrons. The van der Waals surface area contributed by atoms with Crippen molar-refractivity contribution >= 4 is 58.5 Å². The third-order valence-corrected chi connectivity index (χ3v) is 8.56. The van der Waals surface area contributed by atoms with Gasteiger partial charge in [-0.1, -0.05) is 59.6 Å². The lowest BCUT2D eigenvalue weighted by atomic mass is 9.91. The highest BCUT2D eigenvalue weighted by Crippen LogP contribution is 2.30. The summed E-state index contributed by atoms with van der Waals surface area (Å²) in [5.74, 6) is -3.23. The molecule has 0 aromatic heterocycles. The summed E-state index contributed by atoms with van der Waals surface area (Å²) in [6, 6.07) is 15.6. The fourth-order valence-corrected chi connectivity index (χ4v) is 5.61. The number of carbonyl (C=O) groups excluding carboxylic acids is 5. The van der Waals surface area contributed by atoms with E-state index in [4.69, 9.17) is 27.9 Å². The first kappa shape index (κ1) is 37.8. The number of amides is 4. The van der Waals surface area contributed by atoms with Crippen molar-refractivity contribution in [2.24, 2.45) is 0 Å². The minimum atomic E-state index is -1.33. The van der Waals surface area contributed by atoms with Gasteiger partial charge in [-0.2, -0.15) is 5.26 Å². The normalized spacial score (nSPS) is 14.4. The molecule has 0 aliphatic carbocycles. The van der Waals surface area contributed by atoms with Gasteiger partial charge in [0.15, 0.2) is 11.6 Å². The Hall–Kier alpha value is -4.99. The minimum Gasteiger partial charge on any atom is -0.444 e. The van der Waals surface area contributed by atoms with Crippen LogP contribution in [0, 0.1) is 17.1 Å². The maximum Gasteiger partial charge on any atom is 0.407 e. The number of Topliss-reactive ketones (excluding diaryl/α,β-unsaturated/α-hetero) is 1. The molecule has 0 bridgehead atoms. The summed E-state index contributed by atoms with van der Waals surface area (Å²) in [5, 5.41) is 16.6. The zero-order valence-electron chi connectivity index (χ0n) is 27.6. The molecule has 0 unspecified atom stereocenters. The highest BCUT2D eigenvalue weighted by atomic mass is 35.5. The molecule has 262 valence electrons. The van der Waals surface area contributed by atoms with E-state index in [0.29, 0.717) is 16.7 Å². The summed E-state index contributed by atoms with van der Waals surface area (Å²) in [4.78, 5) is 67.5. The number of carbonyl (C=O) groups is 5. The quantitative estimate of drug-likeness (QED) is 0.163. The summed E-state index contributed by atoms with van der Waals surface area (Å²) in [7, 11) is 0. The average Bonchev–Trinajstić information content (AvgIpc) is 3.08. The van der Waals surface area contributed by atoms with Crippen LogP contribution in [0.1, 0.15) is 67.1 Å². The molecule has 1 heterocycles. The lowest BCUT2D eigenvalue weighted by Crippen LogP contribution is -2.56. The van der Waals surface area contributed by atoms with Crippen LogP contribution in [0.5, 0.6) is 0 Å². The Morgan fingerprint density at radius 2 is 1.74 bits per heavy atom. The van der Waals surface area contributed by atoms with Gasteiger partial charge in [-0.3, -0.25) is 19.2 Å². The summed E-state index contributed by atoms with van der Waals surface area (Å²) < 4.78 is 20.1. The van der Waals surface area contributed by atoms with Crippen molar-refractivity contribution in [2.45, 2.75) is 70.7 Å². The molecule has 14 heteroatoms. The number of nitrogens with zero attached hydrogens (tertiary/aromatic N) is 2. The number of alkyl carbamates (subject to hydrolysis) is 1. The maximum absolute atomic E-state index is 14.8. The molecule has 0 saturated carbocycles. The van der Waals surface area contributed by atoms with E-state index >= 15 is 0 Å². The van der Waals surface area contributed by atoms with Crippen molar-refractivity contribution in [3.8, 4) is 6.07 Å². The molecule has 0 fully saturated rings. The predicted octanol–water partition coefficient (Wildman–Crippen LogP) is 5.96. The topological polar surface area (TPSA) is 158 Å². The molecule has 2 atom stereocenters. The van der Waals surface area contributed by atoms with E-state index < -0.39 is 52.3 Å². The van der Waals surface area contributed by atoms with Crippen LogP contribution >= 0.6 is 23.2 Å². The minimum absolute atomic E-state index is 0.0210. The van der Waals surface area contributed by atoms with Crippen LogP contribution in [0.4, 0.5) is 14.9 Å². The van der Waals surface area contributed by atoms with Gasteiger partial charge >= 0.3 is 6.09 Å². The Labute approximate surface area is 299 Å². The van der Waals surface area contributed by atoms with Gasteiger partial charge in [-0.15, -0.1) is 0 Å². The van der Waals surface area contributed by atoms with E-state index in [0.717, 1.165) is 5.56 Å². The SMILES string of the molecule is CC(C)(C)OC(=O)NCC[C@H](NC(=O)[C@@H]1Cc2ccc(C#N)cc2CN1C(=O)CCC(=O)c1ccccc1)C(=O)Nc1ccc(Cl)c(Cl)c1F. The molecule has 3 aromatic rings. The molecule has 1 aliphatic rings. The van der Waals surface area contributed by atoms with Crippen LogP contribution in [0.2, 0.25) is 10.0 Å². The highest BCUT2D eigenvalue weighted by molar-refractivity contribution is 6.42. The van der Waals surface area contributed by atoms with Gasteiger partial charge in [0.05, 0.1) is 27.4 Å². The van der Waals surface area contributed by atoms with Crippen LogP contribution in [-0.2, 0) is 32.1 Å².